The molecule has 0 aliphatic carbocycles. The van der Waals surface area contributed by atoms with E-state index >= 15 is 0 Å². The summed E-state index contributed by atoms with van der Waals surface area (Å²) in [5, 5.41) is 0. The lowest BCUT2D eigenvalue weighted by Crippen LogP contribution is -2.44. The normalized spacial score (nSPS) is 19.0. The van der Waals surface area contributed by atoms with Crippen LogP contribution in [0.2, 0.25) is 0 Å². The molecule has 1 saturated heterocycles. The van der Waals surface area contributed by atoms with Crippen molar-refractivity contribution in [1.29, 1.82) is 0 Å². The largest absolute Gasteiger partial charge is 0.340 e. The van der Waals surface area contributed by atoms with Gasteiger partial charge in [0, 0.05) is 26.6 Å². The third-order valence-corrected chi connectivity index (χ3v) is 5.96. The standard InChI is InChI=1S/C16H21FN2O4S/c1-12(20)19(9-13-3-5-14(17)6-4-13)10-16(21)18(2)15-7-8-24(22,23)11-15/h3-6,15H,7-11H2,1-2H3. The minimum absolute atomic E-state index is 0.0345. The summed E-state index contributed by atoms with van der Waals surface area (Å²) < 4.78 is 36.0. The Balaban J connectivity index is 2.00. The monoisotopic (exact) mass is 356 g/mol. The maximum Gasteiger partial charge on any atom is 0.242 e. The quantitative estimate of drug-likeness (QED) is 0.783. The second-order valence-electron chi connectivity index (χ2n) is 6.06. The zero-order valence-corrected chi connectivity index (χ0v) is 14.6. The van der Waals surface area contributed by atoms with Crippen molar-refractivity contribution in [1.82, 2.24) is 9.80 Å². The molecule has 1 fully saturated rings. The average Bonchev–Trinajstić information content (AvgIpc) is 2.87. The Labute approximate surface area is 141 Å². The highest BCUT2D eigenvalue weighted by Gasteiger charge is 2.33. The third-order valence-electron chi connectivity index (χ3n) is 4.21. The highest BCUT2D eigenvalue weighted by molar-refractivity contribution is 7.91. The van der Waals surface area contributed by atoms with Crippen molar-refractivity contribution in [2.75, 3.05) is 25.1 Å². The Morgan fingerprint density at radius 2 is 1.88 bits per heavy atom. The van der Waals surface area contributed by atoms with Crippen molar-refractivity contribution in [3.63, 3.8) is 0 Å². The van der Waals surface area contributed by atoms with Gasteiger partial charge in [-0.3, -0.25) is 9.59 Å². The summed E-state index contributed by atoms with van der Waals surface area (Å²) in [5.74, 6) is -0.907. The zero-order valence-electron chi connectivity index (χ0n) is 13.7. The van der Waals surface area contributed by atoms with E-state index in [1.54, 1.807) is 19.2 Å². The van der Waals surface area contributed by atoms with E-state index in [0.29, 0.717) is 12.0 Å². The van der Waals surface area contributed by atoms with E-state index in [2.05, 4.69) is 0 Å². The predicted molar refractivity (Wildman–Crippen MR) is 87.3 cm³/mol. The molecule has 1 atom stereocenters. The number of halogens is 1. The lowest BCUT2D eigenvalue weighted by atomic mass is 10.2. The molecule has 1 aromatic carbocycles. The van der Waals surface area contributed by atoms with Crippen molar-refractivity contribution in [3.05, 3.63) is 35.6 Å². The Morgan fingerprint density at radius 3 is 2.38 bits per heavy atom. The number of rotatable bonds is 5. The molecular formula is C16H21FN2O4S. The van der Waals surface area contributed by atoms with Gasteiger partial charge in [0.15, 0.2) is 9.84 Å². The van der Waals surface area contributed by atoms with Crippen molar-refractivity contribution < 1.29 is 22.4 Å². The highest BCUT2D eigenvalue weighted by atomic mass is 32.2. The van der Waals surface area contributed by atoms with Crippen LogP contribution >= 0.6 is 0 Å². The van der Waals surface area contributed by atoms with Crippen LogP contribution < -0.4 is 0 Å². The fourth-order valence-electron chi connectivity index (χ4n) is 2.65. The van der Waals surface area contributed by atoms with Crippen LogP contribution in [0.15, 0.2) is 24.3 Å². The van der Waals surface area contributed by atoms with E-state index in [1.165, 1.54) is 28.9 Å². The van der Waals surface area contributed by atoms with Gasteiger partial charge in [-0.1, -0.05) is 12.1 Å². The predicted octanol–water partition coefficient (Wildman–Crippen LogP) is 0.820. The number of hydrogen-bond donors (Lipinski definition) is 0. The third kappa shape index (κ3) is 4.77. The van der Waals surface area contributed by atoms with E-state index in [4.69, 9.17) is 0 Å². The van der Waals surface area contributed by atoms with Crippen molar-refractivity contribution in [2.45, 2.75) is 25.9 Å². The van der Waals surface area contributed by atoms with Gasteiger partial charge in [0.1, 0.15) is 12.4 Å². The summed E-state index contributed by atoms with van der Waals surface area (Å²) in [4.78, 5) is 26.9. The van der Waals surface area contributed by atoms with Crippen LogP contribution in [0.25, 0.3) is 0 Å². The molecule has 132 valence electrons. The number of likely N-dealkylation sites (N-methyl/N-ethyl adjacent to an activating group) is 1. The molecule has 2 amide bonds. The van der Waals surface area contributed by atoms with Gasteiger partial charge >= 0.3 is 0 Å². The lowest BCUT2D eigenvalue weighted by molar-refractivity contribution is -0.140. The number of carbonyl (C=O) groups is 2. The zero-order chi connectivity index (χ0) is 17.9. The molecule has 24 heavy (non-hydrogen) atoms. The Morgan fingerprint density at radius 1 is 1.25 bits per heavy atom. The highest BCUT2D eigenvalue weighted by Crippen LogP contribution is 2.17. The number of amides is 2. The van der Waals surface area contributed by atoms with Crippen LogP contribution in [0.1, 0.15) is 18.9 Å². The van der Waals surface area contributed by atoms with E-state index in [0.717, 1.165) is 0 Å². The summed E-state index contributed by atoms with van der Waals surface area (Å²) in [5.41, 5.74) is 0.713. The molecule has 0 N–H and O–H groups in total. The number of benzene rings is 1. The summed E-state index contributed by atoms with van der Waals surface area (Å²) in [7, 11) is -1.52. The molecular weight excluding hydrogens is 335 g/mol. The number of sulfone groups is 1. The van der Waals surface area contributed by atoms with Gasteiger partial charge < -0.3 is 9.80 Å². The fraction of sp³-hybridized carbons (Fsp3) is 0.500. The smallest absolute Gasteiger partial charge is 0.242 e. The first kappa shape index (κ1) is 18.4. The first-order valence-corrected chi connectivity index (χ1v) is 9.46. The molecule has 1 heterocycles. The molecule has 0 aromatic heterocycles. The van der Waals surface area contributed by atoms with Gasteiger partial charge in [0.2, 0.25) is 11.8 Å². The molecule has 0 spiro atoms. The molecule has 6 nitrogen and oxygen atoms in total. The molecule has 8 heteroatoms. The molecule has 0 radical (unpaired) electrons. The molecule has 0 bridgehead atoms. The van der Waals surface area contributed by atoms with E-state index < -0.39 is 9.84 Å². The maximum absolute atomic E-state index is 12.9. The fourth-order valence-corrected chi connectivity index (χ4v) is 4.42. The van der Waals surface area contributed by atoms with Crippen molar-refractivity contribution in [2.24, 2.45) is 0 Å². The molecule has 2 rings (SSSR count). The molecule has 1 unspecified atom stereocenters. The Bertz CT molecular complexity index is 718. The van der Waals surface area contributed by atoms with Gasteiger partial charge in [-0.15, -0.1) is 0 Å². The van der Waals surface area contributed by atoms with Crippen LogP contribution in [0.5, 0.6) is 0 Å². The van der Waals surface area contributed by atoms with Gasteiger partial charge in [-0.25, -0.2) is 12.8 Å². The second-order valence-corrected chi connectivity index (χ2v) is 8.29. The van der Waals surface area contributed by atoms with Gasteiger partial charge in [-0.2, -0.15) is 0 Å². The van der Waals surface area contributed by atoms with Crippen LogP contribution in [-0.2, 0) is 26.0 Å². The van der Waals surface area contributed by atoms with Gasteiger partial charge in [0.25, 0.3) is 0 Å². The van der Waals surface area contributed by atoms with Crippen LogP contribution in [0.3, 0.4) is 0 Å². The number of carbonyl (C=O) groups excluding carboxylic acids is 2. The molecule has 1 aromatic rings. The average molecular weight is 356 g/mol. The molecule has 1 aliphatic rings. The molecule has 1 aliphatic heterocycles. The summed E-state index contributed by atoms with van der Waals surface area (Å²) >= 11 is 0. The number of nitrogens with zero attached hydrogens (tertiary/aromatic N) is 2. The van der Waals surface area contributed by atoms with Crippen LogP contribution in [0.4, 0.5) is 4.39 Å². The van der Waals surface area contributed by atoms with E-state index in [-0.39, 0.29) is 48.3 Å². The van der Waals surface area contributed by atoms with Crippen LogP contribution in [0, 0.1) is 5.82 Å². The number of hydrogen-bond acceptors (Lipinski definition) is 4. The maximum atomic E-state index is 12.9. The van der Waals surface area contributed by atoms with Crippen molar-refractivity contribution in [3.8, 4) is 0 Å². The van der Waals surface area contributed by atoms with E-state index in [1.807, 2.05) is 0 Å². The van der Waals surface area contributed by atoms with Gasteiger partial charge in [-0.05, 0) is 24.1 Å². The minimum Gasteiger partial charge on any atom is -0.340 e. The van der Waals surface area contributed by atoms with Crippen LogP contribution in [-0.4, -0.2) is 61.2 Å². The lowest BCUT2D eigenvalue weighted by Gasteiger charge is -2.27. The SMILES string of the molecule is CC(=O)N(CC(=O)N(C)C1CCS(=O)(=O)C1)Cc1ccc(F)cc1. The Kier molecular flexibility index (Phi) is 5.58. The Hall–Kier alpha value is -1.96. The van der Waals surface area contributed by atoms with E-state index in [9.17, 15) is 22.4 Å². The summed E-state index contributed by atoms with van der Waals surface area (Å²) in [6, 6.07) is 5.37. The summed E-state index contributed by atoms with van der Waals surface area (Å²) in [6.45, 7) is 1.41. The van der Waals surface area contributed by atoms with Gasteiger partial charge in [0.05, 0.1) is 11.5 Å². The summed E-state index contributed by atoms with van der Waals surface area (Å²) in [6.07, 6.45) is 0.419. The first-order chi connectivity index (χ1) is 11.2. The molecule has 0 saturated carbocycles. The minimum atomic E-state index is -3.08. The second kappa shape index (κ2) is 7.29. The van der Waals surface area contributed by atoms with Crippen molar-refractivity contribution >= 4 is 21.7 Å². The first-order valence-electron chi connectivity index (χ1n) is 7.64. The topological polar surface area (TPSA) is 74.8 Å².